The lowest BCUT2D eigenvalue weighted by atomic mass is 9.98. The van der Waals surface area contributed by atoms with Gasteiger partial charge < -0.3 is 18.9 Å². The van der Waals surface area contributed by atoms with Gasteiger partial charge in [0.2, 0.25) is 5.13 Å². The first-order valence-electron chi connectivity index (χ1n) is 9.81. The zero-order chi connectivity index (χ0) is 22.0. The van der Waals surface area contributed by atoms with E-state index < -0.39 is 0 Å². The second-order valence-electron chi connectivity index (χ2n) is 7.07. The largest absolute Gasteiger partial charge is 0.493 e. The van der Waals surface area contributed by atoms with Crippen LogP contribution in [-0.2, 0) is 0 Å². The number of anilines is 1. The Hall–Kier alpha value is -3.26. The summed E-state index contributed by atoms with van der Waals surface area (Å²) in [7, 11) is 6.54. The van der Waals surface area contributed by atoms with Crippen molar-refractivity contribution in [3.05, 3.63) is 58.6 Å². The molecule has 2 heterocycles. The van der Waals surface area contributed by atoms with E-state index in [2.05, 4.69) is 4.98 Å². The maximum Gasteiger partial charge on any atom is 0.206 e. The predicted molar refractivity (Wildman–Crippen MR) is 122 cm³/mol. The first kappa shape index (κ1) is 21.0. The van der Waals surface area contributed by atoms with Gasteiger partial charge in [-0.2, -0.15) is 5.10 Å². The van der Waals surface area contributed by atoms with Crippen LogP contribution in [0, 0.1) is 6.92 Å². The minimum absolute atomic E-state index is 0.0200. The Morgan fingerprint density at radius 2 is 1.52 bits per heavy atom. The van der Waals surface area contributed by atoms with E-state index >= 15 is 0 Å². The lowest BCUT2D eigenvalue weighted by molar-refractivity contribution is 0.354. The minimum Gasteiger partial charge on any atom is -0.493 e. The van der Waals surface area contributed by atoms with E-state index in [4.69, 9.17) is 24.0 Å². The Kier molecular flexibility index (Phi) is 5.99. The zero-order valence-corrected chi connectivity index (χ0v) is 19.0. The third kappa shape index (κ3) is 4.03. The van der Waals surface area contributed by atoms with Crippen molar-refractivity contribution in [1.29, 1.82) is 0 Å². The highest BCUT2D eigenvalue weighted by Gasteiger charge is 2.32. The molecule has 7 nitrogen and oxygen atoms in total. The molecular formula is C23H25N3O4S. The van der Waals surface area contributed by atoms with Gasteiger partial charge in [-0.25, -0.2) is 9.99 Å². The van der Waals surface area contributed by atoms with Gasteiger partial charge in [0.1, 0.15) is 0 Å². The monoisotopic (exact) mass is 439 g/mol. The van der Waals surface area contributed by atoms with Crippen LogP contribution in [0.3, 0.4) is 0 Å². The molecule has 0 spiro atoms. The van der Waals surface area contributed by atoms with Crippen molar-refractivity contribution in [2.75, 3.05) is 33.4 Å². The minimum atomic E-state index is -0.0200. The summed E-state index contributed by atoms with van der Waals surface area (Å²) < 4.78 is 21.8. The third-order valence-corrected chi connectivity index (χ3v) is 6.17. The smallest absolute Gasteiger partial charge is 0.206 e. The molecule has 3 aromatic rings. The molecule has 0 unspecified atom stereocenters. The van der Waals surface area contributed by atoms with Gasteiger partial charge in [-0.1, -0.05) is 6.07 Å². The van der Waals surface area contributed by atoms with Crippen LogP contribution in [0.1, 0.15) is 29.3 Å². The highest BCUT2D eigenvalue weighted by Crippen LogP contribution is 2.41. The van der Waals surface area contributed by atoms with Gasteiger partial charge >= 0.3 is 0 Å². The van der Waals surface area contributed by atoms with E-state index in [0.717, 1.165) is 27.7 Å². The summed E-state index contributed by atoms with van der Waals surface area (Å²) in [5.41, 5.74) is 3.98. The summed E-state index contributed by atoms with van der Waals surface area (Å²) in [6, 6.07) is 11.8. The van der Waals surface area contributed by atoms with E-state index in [1.165, 1.54) is 0 Å². The van der Waals surface area contributed by atoms with Gasteiger partial charge in [-0.3, -0.25) is 0 Å². The number of thiazole rings is 1. The molecule has 0 amide bonds. The molecule has 1 atom stereocenters. The molecule has 4 rings (SSSR count). The Balaban J connectivity index is 1.75. The van der Waals surface area contributed by atoms with Crippen molar-refractivity contribution < 1.29 is 18.9 Å². The summed E-state index contributed by atoms with van der Waals surface area (Å²) in [6.45, 7) is 1.99. The predicted octanol–water partition coefficient (Wildman–Crippen LogP) is 4.84. The number of hydrogen-bond donors (Lipinski definition) is 0. The number of aryl methyl sites for hydroxylation is 1. The van der Waals surface area contributed by atoms with Gasteiger partial charge in [0, 0.05) is 17.4 Å². The van der Waals surface area contributed by atoms with Crippen LogP contribution in [0.5, 0.6) is 23.0 Å². The number of methoxy groups -OCH3 is 4. The van der Waals surface area contributed by atoms with Crippen molar-refractivity contribution in [2.45, 2.75) is 19.4 Å². The van der Waals surface area contributed by atoms with Crippen LogP contribution < -0.4 is 24.0 Å². The molecule has 1 aliphatic heterocycles. The summed E-state index contributed by atoms with van der Waals surface area (Å²) in [5, 5.41) is 9.84. The first-order valence-corrected chi connectivity index (χ1v) is 10.7. The molecule has 0 N–H and O–H groups in total. The van der Waals surface area contributed by atoms with E-state index in [-0.39, 0.29) is 6.04 Å². The van der Waals surface area contributed by atoms with Crippen LogP contribution in [0.15, 0.2) is 46.9 Å². The van der Waals surface area contributed by atoms with Crippen LogP contribution in [0.25, 0.3) is 0 Å². The van der Waals surface area contributed by atoms with E-state index in [1.807, 2.05) is 53.7 Å². The molecule has 8 heteroatoms. The fraction of sp³-hybridized carbons (Fsp3) is 0.304. The van der Waals surface area contributed by atoms with Crippen LogP contribution in [0.4, 0.5) is 5.13 Å². The number of hydrogen-bond acceptors (Lipinski definition) is 8. The average Bonchev–Trinajstić information content (AvgIpc) is 3.44. The summed E-state index contributed by atoms with van der Waals surface area (Å²) >= 11 is 1.58. The SMILES string of the molecule is COc1ccc(C2=NN(c3nc(C)cs3)[C@@H](c3ccc(OC)c(OC)c3)C2)cc1OC. The van der Waals surface area contributed by atoms with Crippen LogP contribution >= 0.6 is 11.3 Å². The number of benzene rings is 2. The molecule has 1 aliphatic rings. The molecule has 0 fully saturated rings. The van der Waals surface area contributed by atoms with Crippen molar-refractivity contribution in [3.8, 4) is 23.0 Å². The molecule has 0 saturated heterocycles. The van der Waals surface area contributed by atoms with Gasteiger partial charge in [0.15, 0.2) is 23.0 Å². The second-order valence-corrected chi connectivity index (χ2v) is 7.90. The molecule has 162 valence electrons. The maximum atomic E-state index is 5.52. The van der Waals surface area contributed by atoms with Gasteiger partial charge in [-0.05, 0) is 42.8 Å². The Morgan fingerprint density at radius 1 is 0.871 bits per heavy atom. The highest BCUT2D eigenvalue weighted by atomic mass is 32.1. The first-order chi connectivity index (χ1) is 15.1. The molecule has 0 radical (unpaired) electrons. The van der Waals surface area contributed by atoms with Gasteiger partial charge in [0.25, 0.3) is 0 Å². The summed E-state index contributed by atoms with van der Waals surface area (Å²) in [4.78, 5) is 4.67. The number of nitrogens with zero attached hydrogens (tertiary/aromatic N) is 3. The summed E-state index contributed by atoms with van der Waals surface area (Å²) in [6.07, 6.45) is 0.712. The topological polar surface area (TPSA) is 65.4 Å². The molecule has 0 saturated carbocycles. The standard InChI is InChI=1S/C23H25N3O4S/c1-14-13-31-23(24-14)26-18(16-7-9-20(28-3)22(11-16)30-5)12-17(25-26)15-6-8-19(27-2)21(10-15)29-4/h6-11,13,18H,12H2,1-5H3/t18-/m1/s1. The lowest BCUT2D eigenvalue weighted by Crippen LogP contribution is -2.18. The fourth-order valence-corrected chi connectivity index (χ4v) is 4.44. The Morgan fingerprint density at radius 3 is 2.13 bits per heavy atom. The van der Waals surface area contributed by atoms with Crippen molar-refractivity contribution in [2.24, 2.45) is 5.10 Å². The van der Waals surface area contributed by atoms with Crippen LogP contribution in [0.2, 0.25) is 0 Å². The fourth-order valence-electron chi connectivity index (χ4n) is 3.64. The van der Waals surface area contributed by atoms with Crippen molar-refractivity contribution >= 4 is 22.2 Å². The van der Waals surface area contributed by atoms with E-state index in [1.54, 1.807) is 39.8 Å². The lowest BCUT2D eigenvalue weighted by Gasteiger charge is -2.22. The van der Waals surface area contributed by atoms with Crippen molar-refractivity contribution in [3.63, 3.8) is 0 Å². The number of ether oxygens (including phenoxy) is 4. The molecular weight excluding hydrogens is 414 g/mol. The maximum absolute atomic E-state index is 5.52. The molecule has 1 aromatic heterocycles. The molecule has 31 heavy (non-hydrogen) atoms. The molecule has 2 aromatic carbocycles. The Labute approximate surface area is 185 Å². The Bertz CT molecular complexity index is 1110. The molecule has 0 aliphatic carbocycles. The second kappa shape index (κ2) is 8.85. The third-order valence-electron chi connectivity index (χ3n) is 5.22. The summed E-state index contributed by atoms with van der Waals surface area (Å²) in [5.74, 6) is 2.75. The van der Waals surface area contributed by atoms with Gasteiger partial charge in [-0.15, -0.1) is 11.3 Å². The number of hydrazone groups is 1. The normalized spacial score (nSPS) is 15.6. The van der Waals surface area contributed by atoms with E-state index in [9.17, 15) is 0 Å². The number of rotatable bonds is 7. The quantitative estimate of drug-likeness (QED) is 0.525. The van der Waals surface area contributed by atoms with Crippen molar-refractivity contribution in [1.82, 2.24) is 4.98 Å². The molecule has 0 bridgehead atoms. The van der Waals surface area contributed by atoms with Crippen LogP contribution in [-0.4, -0.2) is 39.1 Å². The average molecular weight is 440 g/mol. The zero-order valence-electron chi connectivity index (χ0n) is 18.2. The van der Waals surface area contributed by atoms with E-state index in [0.29, 0.717) is 29.4 Å². The highest BCUT2D eigenvalue weighted by molar-refractivity contribution is 7.13. The van der Waals surface area contributed by atoms with Gasteiger partial charge in [0.05, 0.1) is 45.9 Å². The number of aromatic nitrogens is 1.